The van der Waals surface area contributed by atoms with E-state index in [0.717, 1.165) is 15.8 Å². The molecule has 104 valence electrons. The van der Waals surface area contributed by atoms with Crippen molar-refractivity contribution >= 4 is 39.1 Å². The van der Waals surface area contributed by atoms with E-state index in [1.165, 1.54) is 0 Å². The molecule has 1 amide bonds. The molecule has 1 fully saturated rings. The lowest BCUT2D eigenvalue weighted by atomic mass is 9.95. The van der Waals surface area contributed by atoms with Gasteiger partial charge in [0.25, 0.3) is 0 Å². The molecule has 0 bridgehead atoms. The van der Waals surface area contributed by atoms with Gasteiger partial charge in [0.05, 0.1) is 18.4 Å². The van der Waals surface area contributed by atoms with E-state index in [9.17, 15) is 9.59 Å². The van der Waals surface area contributed by atoms with E-state index in [-0.39, 0.29) is 11.8 Å². The lowest BCUT2D eigenvalue weighted by Gasteiger charge is -2.22. The van der Waals surface area contributed by atoms with Crippen LogP contribution in [0.25, 0.3) is 0 Å². The molecule has 1 aromatic heterocycles. The first kappa shape index (κ1) is 14.5. The fraction of sp³-hybridized carbons (Fsp3) is 0.538. The van der Waals surface area contributed by atoms with Gasteiger partial charge in [-0.25, -0.2) is 0 Å². The standard InChI is InChI=1S/C13H16BrNO3S/c1-15(6-9-5-8(14)7-19-9)12(16)10-3-2-4-11(10)13(17)18/h5,7,10-11H,2-4,6H2,1H3,(H,17,18). The van der Waals surface area contributed by atoms with Crippen LogP contribution in [0.5, 0.6) is 0 Å². The Labute approximate surface area is 124 Å². The Balaban J connectivity index is 2.00. The third-order valence-corrected chi connectivity index (χ3v) is 5.22. The van der Waals surface area contributed by atoms with E-state index in [0.29, 0.717) is 19.4 Å². The number of hydrogen-bond donors (Lipinski definition) is 1. The number of aliphatic carboxylic acids is 1. The molecule has 0 saturated heterocycles. The van der Waals surface area contributed by atoms with Gasteiger partial charge in [-0.3, -0.25) is 9.59 Å². The summed E-state index contributed by atoms with van der Waals surface area (Å²) in [7, 11) is 1.74. The van der Waals surface area contributed by atoms with Gasteiger partial charge < -0.3 is 10.0 Å². The van der Waals surface area contributed by atoms with Gasteiger partial charge in [-0.05, 0) is 34.8 Å². The summed E-state index contributed by atoms with van der Waals surface area (Å²) < 4.78 is 1.01. The zero-order valence-corrected chi connectivity index (χ0v) is 13.0. The molecule has 1 N–H and O–H groups in total. The van der Waals surface area contributed by atoms with Crippen LogP contribution in [0.1, 0.15) is 24.1 Å². The van der Waals surface area contributed by atoms with Gasteiger partial charge in [0.1, 0.15) is 0 Å². The monoisotopic (exact) mass is 345 g/mol. The molecule has 0 aromatic carbocycles. The Bertz CT molecular complexity index is 488. The van der Waals surface area contributed by atoms with Crippen molar-refractivity contribution in [1.82, 2.24) is 4.90 Å². The van der Waals surface area contributed by atoms with Crippen molar-refractivity contribution in [2.75, 3.05) is 7.05 Å². The summed E-state index contributed by atoms with van der Waals surface area (Å²) >= 11 is 4.97. The van der Waals surface area contributed by atoms with Crippen LogP contribution in [-0.2, 0) is 16.1 Å². The van der Waals surface area contributed by atoms with Crippen LogP contribution in [-0.4, -0.2) is 28.9 Å². The first-order valence-corrected chi connectivity index (χ1v) is 7.87. The topological polar surface area (TPSA) is 57.6 Å². The summed E-state index contributed by atoms with van der Waals surface area (Å²) in [5, 5.41) is 11.1. The predicted molar refractivity (Wildman–Crippen MR) is 77.0 cm³/mol. The summed E-state index contributed by atoms with van der Waals surface area (Å²) in [5.41, 5.74) is 0. The maximum atomic E-state index is 12.3. The fourth-order valence-electron chi connectivity index (χ4n) is 2.58. The number of carbonyl (C=O) groups excluding carboxylic acids is 1. The molecular formula is C13H16BrNO3S. The highest BCUT2D eigenvalue weighted by molar-refractivity contribution is 9.10. The van der Waals surface area contributed by atoms with Crippen LogP contribution in [0, 0.1) is 11.8 Å². The second-order valence-electron chi connectivity index (χ2n) is 4.91. The molecule has 2 unspecified atom stereocenters. The highest BCUT2D eigenvalue weighted by Gasteiger charge is 2.38. The first-order chi connectivity index (χ1) is 8.99. The summed E-state index contributed by atoms with van der Waals surface area (Å²) in [6.45, 7) is 0.540. The van der Waals surface area contributed by atoms with Crippen molar-refractivity contribution in [2.45, 2.75) is 25.8 Å². The highest BCUT2D eigenvalue weighted by atomic mass is 79.9. The molecule has 6 heteroatoms. The number of rotatable bonds is 4. The largest absolute Gasteiger partial charge is 0.481 e. The predicted octanol–water partition coefficient (Wildman–Crippen LogP) is 2.97. The SMILES string of the molecule is CN(Cc1cc(Br)cs1)C(=O)C1CCCC1C(=O)O. The van der Waals surface area contributed by atoms with E-state index in [1.54, 1.807) is 23.3 Å². The molecule has 2 atom stereocenters. The van der Waals surface area contributed by atoms with Gasteiger partial charge in [-0.2, -0.15) is 0 Å². The minimum atomic E-state index is -0.844. The van der Waals surface area contributed by atoms with E-state index >= 15 is 0 Å². The Kier molecular flexibility index (Phi) is 4.62. The van der Waals surface area contributed by atoms with Crippen molar-refractivity contribution in [3.8, 4) is 0 Å². The number of amides is 1. The summed E-state index contributed by atoms with van der Waals surface area (Å²) in [4.78, 5) is 26.2. The van der Waals surface area contributed by atoms with Crippen molar-refractivity contribution in [2.24, 2.45) is 11.8 Å². The second kappa shape index (κ2) is 6.05. The van der Waals surface area contributed by atoms with Crippen molar-refractivity contribution in [3.05, 3.63) is 20.8 Å². The van der Waals surface area contributed by atoms with Crippen LogP contribution in [0.4, 0.5) is 0 Å². The van der Waals surface area contributed by atoms with Crippen molar-refractivity contribution in [3.63, 3.8) is 0 Å². The zero-order valence-electron chi connectivity index (χ0n) is 10.6. The Morgan fingerprint density at radius 2 is 2.16 bits per heavy atom. The normalized spacial score (nSPS) is 22.4. The van der Waals surface area contributed by atoms with Gasteiger partial charge >= 0.3 is 5.97 Å². The van der Waals surface area contributed by atoms with Gasteiger partial charge in [0.2, 0.25) is 5.91 Å². The number of carboxylic acid groups (broad SMARTS) is 1. The quantitative estimate of drug-likeness (QED) is 0.912. The van der Waals surface area contributed by atoms with Crippen LogP contribution >= 0.6 is 27.3 Å². The Morgan fingerprint density at radius 1 is 1.47 bits per heavy atom. The van der Waals surface area contributed by atoms with Crippen molar-refractivity contribution in [1.29, 1.82) is 0 Å². The molecule has 1 aliphatic rings. The number of carboxylic acids is 1. The minimum Gasteiger partial charge on any atom is -0.481 e. The minimum absolute atomic E-state index is 0.0468. The number of nitrogens with zero attached hydrogens (tertiary/aromatic N) is 1. The maximum Gasteiger partial charge on any atom is 0.307 e. The Hall–Kier alpha value is -0.880. The molecule has 4 nitrogen and oxygen atoms in total. The fourth-order valence-corrected chi connectivity index (χ4v) is 4.09. The van der Waals surface area contributed by atoms with Gasteiger partial charge in [-0.1, -0.05) is 6.42 Å². The molecule has 19 heavy (non-hydrogen) atoms. The molecule has 2 rings (SSSR count). The average Bonchev–Trinajstić information content (AvgIpc) is 2.97. The third kappa shape index (κ3) is 3.36. The number of carbonyl (C=O) groups is 2. The van der Waals surface area contributed by atoms with E-state index in [4.69, 9.17) is 5.11 Å². The first-order valence-electron chi connectivity index (χ1n) is 6.19. The Morgan fingerprint density at radius 3 is 2.74 bits per heavy atom. The average molecular weight is 346 g/mol. The van der Waals surface area contributed by atoms with E-state index in [1.807, 2.05) is 11.4 Å². The second-order valence-corrected chi connectivity index (χ2v) is 6.82. The maximum absolute atomic E-state index is 12.3. The molecule has 0 spiro atoms. The van der Waals surface area contributed by atoms with Gasteiger partial charge in [0, 0.05) is 21.8 Å². The molecule has 1 heterocycles. The van der Waals surface area contributed by atoms with Crippen molar-refractivity contribution < 1.29 is 14.7 Å². The number of hydrogen-bond acceptors (Lipinski definition) is 3. The van der Waals surface area contributed by atoms with Gasteiger partial charge in [-0.15, -0.1) is 11.3 Å². The summed E-state index contributed by atoms with van der Waals surface area (Å²) in [5.74, 6) is -1.76. The van der Waals surface area contributed by atoms with Gasteiger partial charge in [0.15, 0.2) is 0 Å². The molecule has 0 aliphatic heterocycles. The van der Waals surface area contributed by atoms with Crippen LogP contribution in [0.15, 0.2) is 15.9 Å². The lowest BCUT2D eigenvalue weighted by molar-refractivity contribution is -0.148. The molecule has 1 saturated carbocycles. The smallest absolute Gasteiger partial charge is 0.307 e. The van der Waals surface area contributed by atoms with E-state index < -0.39 is 11.9 Å². The summed E-state index contributed by atoms with van der Waals surface area (Å²) in [6.07, 6.45) is 2.13. The molecular weight excluding hydrogens is 330 g/mol. The van der Waals surface area contributed by atoms with Crippen LogP contribution in [0.3, 0.4) is 0 Å². The lowest BCUT2D eigenvalue weighted by Crippen LogP contribution is -2.36. The molecule has 0 radical (unpaired) electrons. The number of halogens is 1. The number of thiophene rings is 1. The van der Waals surface area contributed by atoms with E-state index in [2.05, 4.69) is 15.9 Å². The molecule has 1 aliphatic carbocycles. The summed E-state index contributed by atoms with van der Waals surface area (Å²) in [6, 6.07) is 1.98. The highest BCUT2D eigenvalue weighted by Crippen LogP contribution is 2.33. The zero-order chi connectivity index (χ0) is 14.0. The molecule has 1 aromatic rings. The van der Waals surface area contributed by atoms with Crippen LogP contribution in [0.2, 0.25) is 0 Å². The third-order valence-electron chi connectivity index (χ3n) is 3.54. The van der Waals surface area contributed by atoms with Crippen LogP contribution < -0.4 is 0 Å².